The Balaban J connectivity index is 2.06. The van der Waals surface area contributed by atoms with Crippen LogP contribution >= 0.6 is 0 Å². The number of aryl methyl sites for hydroxylation is 1. The molecule has 182 valence electrons. The zero-order valence-corrected chi connectivity index (χ0v) is 20.8. The van der Waals surface area contributed by atoms with Crippen molar-refractivity contribution in [3.05, 3.63) is 64.7 Å². The molecule has 1 saturated heterocycles. The fourth-order valence-electron chi connectivity index (χ4n) is 4.09. The van der Waals surface area contributed by atoms with E-state index in [4.69, 9.17) is 9.47 Å². The van der Waals surface area contributed by atoms with Crippen molar-refractivity contribution >= 4 is 17.4 Å². The second-order valence-electron chi connectivity index (χ2n) is 8.91. The molecule has 6 heteroatoms. The van der Waals surface area contributed by atoms with Gasteiger partial charge in [0.05, 0.1) is 24.3 Å². The molecule has 1 N–H and O–H groups in total. The SMILES string of the molecule is CCCCN1C(=O)C(=O)/C(=C(\O)c2ccc(OC(C)C)c(C)c2)C1c1ccc(OCCC)cc1. The summed E-state index contributed by atoms with van der Waals surface area (Å²) < 4.78 is 11.5. The van der Waals surface area contributed by atoms with Gasteiger partial charge in [-0.1, -0.05) is 32.4 Å². The number of nitrogens with zero attached hydrogens (tertiary/aromatic N) is 1. The minimum Gasteiger partial charge on any atom is -0.507 e. The Morgan fingerprint density at radius 3 is 2.35 bits per heavy atom. The van der Waals surface area contributed by atoms with Crippen LogP contribution in [0.4, 0.5) is 0 Å². The molecule has 1 aliphatic heterocycles. The predicted octanol–water partition coefficient (Wildman–Crippen LogP) is 5.79. The molecule has 0 bridgehead atoms. The minimum absolute atomic E-state index is 0.0197. The van der Waals surface area contributed by atoms with Crippen molar-refractivity contribution in [2.75, 3.05) is 13.2 Å². The summed E-state index contributed by atoms with van der Waals surface area (Å²) in [5, 5.41) is 11.3. The number of carbonyl (C=O) groups excluding carboxylic acids is 2. The number of aliphatic hydroxyl groups excluding tert-OH is 1. The number of unbranched alkanes of at least 4 members (excludes halogenated alkanes) is 1. The number of amides is 1. The van der Waals surface area contributed by atoms with Crippen molar-refractivity contribution in [2.45, 2.75) is 66.0 Å². The molecule has 2 aromatic carbocycles. The summed E-state index contributed by atoms with van der Waals surface area (Å²) in [5.41, 5.74) is 2.19. The normalized spacial score (nSPS) is 17.5. The van der Waals surface area contributed by atoms with Gasteiger partial charge in [-0.2, -0.15) is 0 Å². The summed E-state index contributed by atoms with van der Waals surface area (Å²) in [5.74, 6) is 0.0300. The second-order valence-corrected chi connectivity index (χ2v) is 8.91. The van der Waals surface area contributed by atoms with Gasteiger partial charge in [-0.3, -0.25) is 9.59 Å². The van der Waals surface area contributed by atoms with Crippen molar-refractivity contribution in [1.29, 1.82) is 0 Å². The fraction of sp³-hybridized carbons (Fsp3) is 0.429. The van der Waals surface area contributed by atoms with Crippen molar-refractivity contribution in [2.24, 2.45) is 0 Å². The van der Waals surface area contributed by atoms with Gasteiger partial charge in [0.25, 0.3) is 11.7 Å². The number of ether oxygens (including phenoxy) is 2. The van der Waals surface area contributed by atoms with E-state index in [1.165, 1.54) is 0 Å². The molecule has 34 heavy (non-hydrogen) atoms. The standard InChI is InChI=1S/C28H35NO5/c1-6-8-15-29-25(20-9-12-22(13-10-20)33-16-7-2)24(27(31)28(29)32)26(30)21-11-14-23(19(5)17-21)34-18(3)4/h9-14,17-18,25,30H,6-8,15-16H2,1-5H3/b26-24-. The van der Waals surface area contributed by atoms with Gasteiger partial charge in [-0.15, -0.1) is 0 Å². The average Bonchev–Trinajstić information content (AvgIpc) is 3.07. The summed E-state index contributed by atoms with van der Waals surface area (Å²) in [4.78, 5) is 27.7. The van der Waals surface area contributed by atoms with E-state index in [0.29, 0.717) is 24.5 Å². The zero-order valence-electron chi connectivity index (χ0n) is 20.8. The topological polar surface area (TPSA) is 76.1 Å². The number of carbonyl (C=O) groups is 2. The first kappa shape index (κ1) is 25.3. The van der Waals surface area contributed by atoms with E-state index in [1.54, 1.807) is 23.1 Å². The number of aliphatic hydroxyl groups is 1. The van der Waals surface area contributed by atoms with Crippen LogP contribution in [0.5, 0.6) is 11.5 Å². The van der Waals surface area contributed by atoms with Crippen LogP contribution < -0.4 is 9.47 Å². The molecule has 0 aliphatic carbocycles. The molecule has 1 unspecified atom stereocenters. The lowest BCUT2D eigenvalue weighted by Crippen LogP contribution is -2.30. The second kappa shape index (κ2) is 11.2. The number of benzene rings is 2. The number of hydrogen-bond acceptors (Lipinski definition) is 5. The van der Waals surface area contributed by atoms with Crippen LogP contribution in [0, 0.1) is 6.92 Å². The number of rotatable bonds is 10. The van der Waals surface area contributed by atoms with Gasteiger partial charge in [-0.05, 0) is 75.1 Å². The number of Topliss-reactive ketones (excluding diaryl/α,β-unsaturated/α-hetero) is 1. The summed E-state index contributed by atoms with van der Waals surface area (Å²) >= 11 is 0. The summed E-state index contributed by atoms with van der Waals surface area (Å²) in [6, 6.07) is 12.0. The molecule has 1 fully saturated rings. The monoisotopic (exact) mass is 465 g/mol. The van der Waals surface area contributed by atoms with Gasteiger partial charge in [0.15, 0.2) is 0 Å². The van der Waals surface area contributed by atoms with Crippen molar-refractivity contribution in [3.63, 3.8) is 0 Å². The molecule has 0 radical (unpaired) electrons. The van der Waals surface area contributed by atoms with Crippen LogP contribution in [-0.2, 0) is 9.59 Å². The molecule has 1 heterocycles. The predicted molar refractivity (Wildman–Crippen MR) is 133 cm³/mol. The fourth-order valence-corrected chi connectivity index (χ4v) is 4.09. The Bertz CT molecular complexity index is 1050. The summed E-state index contributed by atoms with van der Waals surface area (Å²) in [6.45, 7) is 10.9. The number of hydrogen-bond donors (Lipinski definition) is 1. The van der Waals surface area contributed by atoms with Crippen LogP contribution in [0.15, 0.2) is 48.0 Å². The molecule has 0 aromatic heterocycles. The molecule has 1 amide bonds. The zero-order chi connectivity index (χ0) is 24.8. The minimum atomic E-state index is -0.662. The lowest BCUT2D eigenvalue weighted by molar-refractivity contribution is -0.139. The van der Waals surface area contributed by atoms with Crippen molar-refractivity contribution in [1.82, 2.24) is 4.90 Å². The first-order valence-electron chi connectivity index (χ1n) is 12.1. The van der Waals surface area contributed by atoms with E-state index in [-0.39, 0.29) is 17.4 Å². The third-order valence-electron chi connectivity index (χ3n) is 5.77. The van der Waals surface area contributed by atoms with E-state index >= 15 is 0 Å². The van der Waals surface area contributed by atoms with Gasteiger partial charge in [-0.25, -0.2) is 0 Å². The van der Waals surface area contributed by atoms with Crippen LogP contribution in [-0.4, -0.2) is 41.0 Å². The Hall–Kier alpha value is -3.28. The molecule has 2 aromatic rings. The first-order valence-corrected chi connectivity index (χ1v) is 12.1. The van der Waals surface area contributed by atoms with Crippen LogP contribution in [0.1, 0.15) is 69.7 Å². The first-order chi connectivity index (χ1) is 16.3. The van der Waals surface area contributed by atoms with Gasteiger partial charge >= 0.3 is 0 Å². The molecule has 3 rings (SSSR count). The molecular weight excluding hydrogens is 430 g/mol. The van der Waals surface area contributed by atoms with Gasteiger partial charge in [0.2, 0.25) is 0 Å². The van der Waals surface area contributed by atoms with Gasteiger partial charge in [0.1, 0.15) is 17.3 Å². The average molecular weight is 466 g/mol. The lowest BCUT2D eigenvalue weighted by atomic mass is 9.94. The van der Waals surface area contributed by atoms with Crippen molar-refractivity contribution in [3.8, 4) is 11.5 Å². The van der Waals surface area contributed by atoms with Crippen LogP contribution in [0.25, 0.3) is 5.76 Å². The molecule has 0 saturated carbocycles. The summed E-state index contributed by atoms with van der Waals surface area (Å²) in [6.07, 6.45) is 2.57. The van der Waals surface area contributed by atoms with Gasteiger partial charge in [0, 0.05) is 12.1 Å². The highest BCUT2D eigenvalue weighted by Gasteiger charge is 2.45. The van der Waals surface area contributed by atoms with E-state index in [9.17, 15) is 14.7 Å². The Morgan fingerprint density at radius 2 is 1.76 bits per heavy atom. The quantitative estimate of drug-likeness (QED) is 0.273. The van der Waals surface area contributed by atoms with E-state index < -0.39 is 17.7 Å². The lowest BCUT2D eigenvalue weighted by Gasteiger charge is -2.25. The molecule has 0 spiro atoms. The highest BCUT2D eigenvalue weighted by Crippen LogP contribution is 2.40. The maximum Gasteiger partial charge on any atom is 0.295 e. The number of likely N-dealkylation sites (tertiary alicyclic amines) is 1. The smallest absolute Gasteiger partial charge is 0.295 e. The highest BCUT2D eigenvalue weighted by atomic mass is 16.5. The third kappa shape index (κ3) is 5.44. The van der Waals surface area contributed by atoms with E-state index in [2.05, 4.69) is 0 Å². The Labute approximate surface area is 202 Å². The molecule has 1 atom stereocenters. The highest BCUT2D eigenvalue weighted by molar-refractivity contribution is 6.46. The van der Waals surface area contributed by atoms with Crippen molar-refractivity contribution < 1.29 is 24.2 Å². The summed E-state index contributed by atoms with van der Waals surface area (Å²) in [7, 11) is 0. The van der Waals surface area contributed by atoms with E-state index in [1.807, 2.05) is 58.9 Å². The largest absolute Gasteiger partial charge is 0.507 e. The maximum atomic E-state index is 13.1. The molecule has 1 aliphatic rings. The van der Waals surface area contributed by atoms with E-state index in [0.717, 1.165) is 36.1 Å². The maximum absolute atomic E-state index is 13.1. The third-order valence-corrected chi connectivity index (χ3v) is 5.77. The Morgan fingerprint density at radius 1 is 1.06 bits per heavy atom. The van der Waals surface area contributed by atoms with Gasteiger partial charge < -0.3 is 19.5 Å². The number of ketones is 1. The molecular formula is C28H35NO5. The molecule has 6 nitrogen and oxygen atoms in total. The van der Waals surface area contributed by atoms with Crippen LogP contribution in [0.2, 0.25) is 0 Å². The Kier molecular flexibility index (Phi) is 8.37. The van der Waals surface area contributed by atoms with Crippen LogP contribution in [0.3, 0.4) is 0 Å².